The fourth-order valence-corrected chi connectivity index (χ4v) is 4.56. The second-order valence-corrected chi connectivity index (χ2v) is 7.89. The highest BCUT2D eigenvalue weighted by molar-refractivity contribution is 6.13. The maximum atomic E-state index is 12.0. The van der Waals surface area contributed by atoms with Crippen LogP contribution in [0.3, 0.4) is 0 Å². The minimum absolute atomic E-state index is 0.0888. The summed E-state index contributed by atoms with van der Waals surface area (Å²) in [5.74, 6) is 0.478. The SMILES string of the molecule is Cc1cccc[n+]1[C@@H]1[C@H](c2ccccc2)[C@H](C#N)C(C(=C=[N-])C#N)=N[C@]1(O)C1CC1. The van der Waals surface area contributed by atoms with Crippen molar-refractivity contribution in [3.63, 3.8) is 0 Å². The third-order valence-corrected chi connectivity index (χ3v) is 6.11. The van der Waals surface area contributed by atoms with Crippen molar-refractivity contribution in [3.8, 4) is 12.1 Å². The molecular formula is C24H21N5O. The summed E-state index contributed by atoms with van der Waals surface area (Å²) >= 11 is 0. The third-order valence-electron chi connectivity index (χ3n) is 6.11. The van der Waals surface area contributed by atoms with Gasteiger partial charge in [-0.1, -0.05) is 36.4 Å². The van der Waals surface area contributed by atoms with E-state index in [4.69, 9.17) is 0 Å². The highest BCUT2D eigenvalue weighted by Crippen LogP contribution is 2.54. The van der Waals surface area contributed by atoms with Crippen molar-refractivity contribution in [2.24, 2.45) is 16.8 Å². The average Bonchev–Trinajstić information content (AvgIpc) is 3.62. The van der Waals surface area contributed by atoms with Gasteiger partial charge in [-0.05, 0) is 18.4 Å². The molecule has 6 nitrogen and oxygen atoms in total. The van der Waals surface area contributed by atoms with E-state index in [-0.39, 0.29) is 17.2 Å². The maximum absolute atomic E-state index is 12.0. The lowest BCUT2D eigenvalue weighted by molar-refractivity contribution is -0.748. The first-order valence-corrected chi connectivity index (χ1v) is 9.96. The van der Waals surface area contributed by atoms with Crippen LogP contribution in [0.1, 0.15) is 36.1 Å². The fraction of sp³-hybridized carbons (Fsp3) is 0.333. The highest BCUT2D eigenvalue weighted by atomic mass is 16.3. The summed E-state index contributed by atoms with van der Waals surface area (Å²) in [6.07, 6.45) is 3.52. The second kappa shape index (κ2) is 7.69. The summed E-state index contributed by atoms with van der Waals surface area (Å²) in [5.41, 5.74) is 0.166. The van der Waals surface area contributed by atoms with Crippen molar-refractivity contribution in [1.82, 2.24) is 0 Å². The van der Waals surface area contributed by atoms with Crippen molar-refractivity contribution in [1.29, 1.82) is 10.5 Å². The number of pyridine rings is 1. The quantitative estimate of drug-likeness (QED) is 0.488. The topological polar surface area (TPSA) is 106 Å². The van der Waals surface area contributed by atoms with E-state index in [1.54, 1.807) is 0 Å². The Balaban J connectivity index is 2.04. The number of nitriles is 2. The molecule has 1 fully saturated rings. The molecule has 30 heavy (non-hydrogen) atoms. The Bertz CT molecular complexity index is 1130. The number of hydrogen-bond donors (Lipinski definition) is 1. The summed E-state index contributed by atoms with van der Waals surface area (Å²) in [6.45, 7) is 1.96. The van der Waals surface area contributed by atoms with Gasteiger partial charge in [0.15, 0.2) is 11.9 Å². The van der Waals surface area contributed by atoms with E-state index in [0.717, 1.165) is 24.1 Å². The lowest BCUT2D eigenvalue weighted by Gasteiger charge is -2.41. The Morgan fingerprint density at radius 1 is 1.17 bits per heavy atom. The number of allylic oxidation sites excluding steroid dienone is 1. The number of rotatable bonds is 4. The molecule has 0 unspecified atom stereocenters. The minimum atomic E-state index is -1.51. The summed E-state index contributed by atoms with van der Waals surface area (Å²) in [5, 5.41) is 41.1. The van der Waals surface area contributed by atoms with Crippen molar-refractivity contribution < 1.29 is 9.67 Å². The molecule has 0 bridgehead atoms. The molecular weight excluding hydrogens is 374 g/mol. The van der Waals surface area contributed by atoms with Crippen molar-refractivity contribution in [2.45, 2.75) is 37.5 Å². The van der Waals surface area contributed by atoms with Gasteiger partial charge in [-0.3, -0.25) is 0 Å². The molecule has 2 aliphatic rings. The summed E-state index contributed by atoms with van der Waals surface area (Å²) in [6, 6.07) is 18.9. The molecule has 148 valence electrons. The van der Waals surface area contributed by atoms with Gasteiger partial charge < -0.3 is 10.5 Å². The van der Waals surface area contributed by atoms with Crippen LogP contribution in [0.2, 0.25) is 0 Å². The predicted molar refractivity (Wildman–Crippen MR) is 111 cm³/mol. The zero-order valence-corrected chi connectivity index (χ0v) is 16.6. The lowest BCUT2D eigenvalue weighted by atomic mass is 9.70. The van der Waals surface area contributed by atoms with Gasteiger partial charge in [0.25, 0.3) is 0 Å². The molecule has 2 aromatic rings. The molecule has 0 amide bonds. The van der Waals surface area contributed by atoms with Crippen LogP contribution in [0.5, 0.6) is 0 Å². The Hall–Kier alpha value is -3.57. The molecule has 1 aliphatic heterocycles. The van der Waals surface area contributed by atoms with Gasteiger partial charge in [0.1, 0.15) is 12.0 Å². The number of aryl methyl sites for hydroxylation is 1. The standard InChI is InChI=1S/C24H21N5O/c1-16-7-5-6-12-29(16)23-21(17-8-3-2-4-9-17)20(15-27)22(18(13-25)14-26)28-24(23,30)19-10-11-19/h2-9,12,19-21,23,30H,10-11H2,1H3/t20-,21+,23+,24-/m0/s1. The van der Waals surface area contributed by atoms with E-state index in [0.29, 0.717) is 0 Å². The first-order valence-electron chi connectivity index (χ1n) is 9.96. The fourth-order valence-electron chi connectivity index (χ4n) is 4.56. The van der Waals surface area contributed by atoms with Gasteiger partial charge in [0, 0.05) is 25.0 Å². The first-order chi connectivity index (χ1) is 14.5. The molecule has 1 N–H and O–H groups in total. The summed E-state index contributed by atoms with van der Waals surface area (Å²) in [4.78, 5) is 4.59. The van der Waals surface area contributed by atoms with Crippen LogP contribution >= 0.6 is 0 Å². The molecule has 1 aromatic heterocycles. The van der Waals surface area contributed by atoms with E-state index in [9.17, 15) is 21.0 Å². The average molecular weight is 395 g/mol. The Morgan fingerprint density at radius 3 is 2.43 bits per heavy atom. The molecule has 1 aromatic carbocycles. The summed E-state index contributed by atoms with van der Waals surface area (Å²) < 4.78 is 1.99. The van der Waals surface area contributed by atoms with Crippen LogP contribution in [-0.2, 0) is 0 Å². The Morgan fingerprint density at radius 2 is 1.87 bits per heavy atom. The number of aliphatic hydroxyl groups is 1. The van der Waals surface area contributed by atoms with Crippen molar-refractivity contribution >= 4 is 11.6 Å². The van der Waals surface area contributed by atoms with Crippen LogP contribution < -0.4 is 4.57 Å². The Labute approximate surface area is 175 Å². The minimum Gasteiger partial charge on any atom is -0.762 e. The normalized spacial score (nSPS) is 27.9. The summed E-state index contributed by atoms with van der Waals surface area (Å²) in [7, 11) is 0. The van der Waals surface area contributed by atoms with Crippen LogP contribution in [0.4, 0.5) is 0 Å². The van der Waals surface area contributed by atoms with E-state index in [1.807, 2.05) is 78.2 Å². The first kappa shape index (κ1) is 19.7. The van der Waals surface area contributed by atoms with E-state index in [2.05, 4.69) is 11.1 Å². The van der Waals surface area contributed by atoms with E-state index >= 15 is 0 Å². The maximum Gasteiger partial charge on any atom is 0.222 e. The zero-order chi connectivity index (χ0) is 21.3. The van der Waals surface area contributed by atoms with Crippen LogP contribution in [0.15, 0.2) is 65.3 Å². The molecule has 4 rings (SSSR count). The van der Waals surface area contributed by atoms with E-state index in [1.165, 1.54) is 0 Å². The Kier molecular flexibility index (Phi) is 5.06. The predicted octanol–water partition coefficient (Wildman–Crippen LogP) is 2.99. The molecule has 4 atom stereocenters. The molecule has 1 aliphatic carbocycles. The van der Waals surface area contributed by atoms with Gasteiger partial charge in [-0.15, -0.1) is 0 Å². The largest absolute Gasteiger partial charge is 0.762 e. The van der Waals surface area contributed by atoms with Crippen LogP contribution in [0, 0.1) is 41.4 Å². The van der Waals surface area contributed by atoms with Gasteiger partial charge in [0.05, 0.1) is 23.3 Å². The molecule has 0 saturated heterocycles. The second-order valence-electron chi connectivity index (χ2n) is 7.89. The van der Waals surface area contributed by atoms with Crippen LogP contribution in [-0.4, -0.2) is 22.4 Å². The molecule has 0 spiro atoms. The monoisotopic (exact) mass is 395 g/mol. The van der Waals surface area contributed by atoms with Gasteiger partial charge in [0.2, 0.25) is 11.8 Å². The molecule has 2 heterocycles. The number of benzene rings is 1. The number of aromatic nitrogens is 1. The van der Waals surface area contributed by atoms with Gasteiger partial charge in [-0.2, -0.15) is 15.1 Å². The smallest absolute Gasteiger partial charge is 0.222 e. The number of nitrogens with zero attached hydrogens (tertiary/aromatic N) is 5. The zero-order valence-electron chi connectivity index (χ0n) is 16.6. The molecule has 1 saturated carbocycles. The molecule has 6 heteroatoms. The number of hydrogen-bond acceptors (Lipinski definition) is 4. The van der Waals surface area contributed by atoms with Crippen molar-refractivity contribution in [3.05, 3.63) is 77.0 Å². The van der Waals surface area contributed by atoms with Gasteiger partial charge in [-0.25, -0.2) is 10.9 Å². The van der Waals surface area contributed by atoms with Crippen molar-refractivity contribution in [2.75, 3.05) is 0 Å². The lowest BCUT2D eigenvalue weighted by Crippen LogP contribution is -2.61. The van der Waals surface area contributed by atoms with Gasteiger partial charge >= 0.3 is 0 Å². The highest BCUT2D eigenvalue weighted by Gasteiger charge is 2.62. The number of aliphatic imine (C=N–C) groups is 1. The van der Waals surface area contributed by atoms with Crippen LogP contribution in [0.25, 0.3) is 5.41 Å². The van der Waals surface area contributed by atoms with E-state index < -0.39 is 23.6 Å². The third kappa shape index (κ3) is 3.13. The molecule has 0 radical (unpaired) electrons.